The topological polar surface area (TPSA) is 67.4 Å². The lowest BCUT2D eigenvalue weighted by Gasteiger charge is -2.10. The van der Waals surface area contributed by atoms with E-state index in [0.717, 1.165) is 16.9 Å². The standard InChI is InChI=1S/C20H24N2O3/c1-15-8-9-18(25-2)17(14-15)10-12-21-19(23)11-13-22-20(24)16-6-4-3-5-7-16/h3-9,14H,10-13H2,1-2H3,(H,21,23)(H,22,24). The third-order valence-corrected chi connectivity index (χ3v) is 3.83. The molecule has 5 heteroatoms. The first-order valence-electron chi connectivity index (χ1n) is 8.33. The number of ether oxygens (including phenoxy) is 1. The Hall–Kier alpha value is -2.82. The highest BCUT2D eigenvalue weighted by atomic mass is 16.5. The van der Waals surface area contributed by atoms with Crippen molar-refractivity contribution in [2.75, 3.05) is 20.2 Å². The van der Waals surface area contributed by atoms with Gasteiger partial charge in [0.05, 0.1) is 7.11 Å². The lowest BCUT2D eigenvalue weighted by Crippen LogP contribution is -2.31. The molecule has 0 fully saturated rings. The number of aryl methyl sites for hydroxylation is 1. The molecule has 2 aromatic rings. The minimum atomic E-state index is -0.169. The summed E-state index contributed by atoms with van der Waals surface area (Å²) < 4.78 is 5.33. The number of amides is 2. The van der Waals surface area contributed by atoms with Crippen molar-refractivity contribution >= 4 is 11.8 Å². The van der Waals surface area contributed by atoms with Crippen molar-refractivity contribution in [2.24, 2.45) is 0 Å². The van der Waals surface area contributed by atoms with Crippen molar-refractivity contribution in [3.05, 3.63) is 65.2 Å². The summed E-state index contributed by atoms with van der Waals surface area (Å²) in [6.45, 7) is 2.87. The fourth-order valence-corrected chi connectivity index (χ4v) is 2.51. The van der Waals surface area contributed by atoms with Gasteiger partial charge in [-0.05, 0) is 37.1 Å². The summed E-state index contributed by atoms with van der Waals surface area (Å²) >= 11 is 0. The Kier molecular flexibility index (Phi) is 7.01. The van der Waals surface area contributed by atoms with Gasteiger partial charge < -0.3 is 15.4 Å². The average Bonchev–Trinajstić information content (AvgIpc) is 2.62. The molecule has 0 aliphatic carbocycles. The molecule has 132 valence electrons. The van der Waals surface area contributed by atoms with Crippen molar-refractivity contribution < 1.29 is 14.3 Å². The largest absolute Gasteiger partial charge is 0.496 e. The van der Waals surface area contributed by atoms with E-state index in [4.69, 9.17) is 4.74 Å². The van der Waals surface area contributed by atoms with Crippen LogP contribution in [0.2, 0.25) is 0 Å². The number of rotatable bonds is 8. The summed E-state index contributed by atoms with van der Waals surface area (Å²) in [6.07, 6.45) is 0.955. The Balaban J connectivity index is 1.69. The molecule has 0 heterocycles. The van der Waals surface area contributed by atoms with Crippen LogP contribution in [0.25, 0.3) is 0 Å². The molecule has 0 saturated carbocycles. The van der Waals surface area contributed by atoms with Gasteiger partial charge in [-0.3, -0.25) is 9.59 Å². The lowest BCUT2D eigenvalue weighted by molar-refractivity contribution is -0.120. The molecule has 25 heavy (non-hydrogen) atoms. The zero-order chi connectivity index (χ0) is 18.1. The highest BCUT2D eigenvalue weighted by molar-refractivity contribution is 5.94. The maximum Gasteiger partial charge on any atom is 0.251 e. The molecular weight excluding hydrogens is 316 g/mol. The quantitative estimate of drug-likeness (QED) is 0.776. The van der Waals surface area contributed by atoms with E-state index < -0.39 is 0 Å². The number of carbonyl (C=O) groups is 2. The van der Waals surface area contributed by atoms with Crippen LogP contribution in [0.4, 0.5) is 0 Å². The zero-order valence-electron chi connectivity index (χ0n) is 14.7. The maximum atomic E-state index is 11.9. The molecule has 0 bridgehead atoms. The molecule has 0 saturated heterocycles. The van der Waals surface area contributed by atoms with Gasteiger partial charge in [0.1, 0.15) is 5.75 Å². The molecule has 0 radical (unpaired) electrons. The number of hydrogen-bond acceptors (Lipinski definition) is 3. The summed E-state index contributed by atoms with van der Waals surface area (Å²) in [4.78, 5) is 23.7. The first kappa shape index (κ1) is 18.5. The Morgan fingerprint density at radius 2 is 1.76 bits per heavy atom. The van der Waals surface area contributed by atoms with Crippen LogP contribution in [0.15, 0.2) is 48.5 Å². The van der Waals surface area contributed by atoms with Crippen molar-refractivity contribution in [3.63, 3.8) is 0 Å². The second-order valence-electron chi connectivity index (χ2n) is 5.79. The van der Waals surface area contributed by atoms with Crippen LogP contribution < -0.4 is 15.4 Å². The van der Waals surface area contributed by atoms with Gasteiger partial charge >= 0.3 is 0 Å². The van der Waals surface area contributed by atoms with E-state index in [9.17, 15) is 9.59 Å². The van der Waals surface area contributed by atoms with E-state index in [1.165, 1.54) is 0 Å². The number of methoxy groups -OCH3 is 1. The minimum Gasteiger partial charge on any atom is -0.496 e. The molecule has 0 atom stereocenters. The summed E-state index contributed by atoms with van der Waals surface area (Å²) in [7, 11) is 1.64. The van der Waals surface area contributed by atoms with Crippen LogP contribution >= 0.6 is 0 Å². The Morgan fingerprint density at radius 3 is 2.48 bits per heavy atom. The maximum absolute atomic E-state index is 11.9. The molecule has 0 aromatic heterocycles. The van der Waals surface area contributed by atoms with E-state index in [2.05, 4.69) is 16.7 Å². The fraction of sp³-hybridized carbons (Fsp3) is 0.300. The summed E-state index contributed by atoms with van der Waals surface area (Å²) in [5, 5.41) is 5.61. The smallest absolute Gasteiger partial charge is 0.251 e. The van der Waals surface area contributed by atoms with Gasteiger partial charge in [-0.2, -0.15) is 0 Å². The van der Waals surface area contributed by atoms with E-state index in [1.807, 2.05) is 25.1 Å². The second-order valence-corrected chi connectivity index (χ2v) is 5.79. The van der Waals surface area contributed by atoms with Gasteiger partial charge in [-0.1, -0.05) is 35.9 Å². The van der Waals surface area contributed by atoms with Crippen LogP contribution in [0.1, 0.15) is 27.9 Å². The van der Waals surface area contributed by atoms with E-state index in [1.54, 1.807) is 31.4 Å². The monoisotopic (exact) mass is 340 g/mol. The first-order chi connectivity index (χ1) is 12.1. The van der Waals surface area contributed by atoms with Gasteiger partial charge in [0.25, 0.3) is 5.91 Å². The van der Waals surface area contributed by atoms with Gasteiger partial charge in [-0.25, -0.2) is 0 Å². The molecule has 2 amide bonds. The van der Waals surface area contributed by atoms with E-state index in [-0.39, 0.29) is 18.2 Å². The van der Waals surface area contributed by atoms with Crippen LogP contribution in [-0.4, -0.2) is 32.0 Å². The predicted molar refractivity (Wildman–Crippen MR) is 97.8 cm³/mol. The number of carbonyl (C=O) groups excluding carboxylic acids is 2. The normalized spacial score (nSPS) is 10.2. The van der Waals surface area contributed by atoms with Crippen LogP contribution in [-0.2, 0) is 11.2 Å². The molecule has 0 spiro atoms. The minimum absolute atomic E-state index is 0.0834. The van der Waals surface area contributed by atoms with Crippen LogP contribution in [0.3, 0.4) is 0 Å². The van der Waals surface area contributed by atoms with Gasteiger partial charge in [0, 0.05) is 25.1 Å². The highest BCUT2D eigenvalue weighted by Crippen LogP contribution is 2.19. The van der Waals surface area contributed by atoms with Crippen molar-refractivity contribution in [3.8, 4) is 5.75 Å². The van der Waals surface area contributed by atoms with Crippen molar-refractivity contribution in [1.82, 2.24) is 10.6 Å². The van der Waals surface area contributed by atoms with Crippen molar-refractivity contribution in [2.45, 2.75) is 19.8 Å². The SMILES string of the molecule is COc1ccc(C)cc1CCNC(=O)CCNC(=O)c1ccccc1. The lowest BCUT2D eigenvalue weighted by atomic mass is 10.1. The molecule has 2 aromatic carbocycles. The molecule has 2 N–H and O–H groups in total. The van der Waals surface area contributed by atoms with Crippen LogP contribution in [0.5, 0.6) is 5.75 Å². The fourth-order valence-electron chi connectivity index (χ4n) is 2.51. The highest BCUT2D eigenvalue weighted by Gasteiger charge is 2.07. The number of hydrogen-bond donors (Lipinski definition) is 2. The third kappa shape index (κ3) is 5.95. The van der Waals surface area contributed by atoms with Crippen molar-refractivity contribution in [1.29, 1.82) is 0 Å². The van der Waals surface area contributed by atoms with Gasteiger partial charge in [0.2, 0.25) is 5.91 Å². The molecule has 0 aliphatic rings. The first-order valence-corrected chi connectivity index (χ1v) is 8.33. The predicted octanol–water partition coefficient (Wildman–Crippen LogP) is 2.48. The molecule has 2 rings (SSSR count). The van der Waals surface area contributed by atoms with Crippen LogP contribution in [0, 0.1) is 6.92 Å². The molecular formula is C20H24N2O3. The Labute approximate surface area is 148 Å². The average molecular weight is 340 g/mol. The summed E-state index contributed by atoms with van der Waals surface area (Å²) in [5.74, 6) is 0.577. The van der Waals surface area contributed by atoms with E-state index in [0.29, 0.717) is 25.1 Å². The molecule has 0 unspecified atom stereocenters. The van der Waals surface area contributed by atoms with E-state index >= 15 is 0 Å². The van der Waals surface area contributed by atoms with Gasteiger partial charge in [-0.15, -0.1) is 0 Å². The second kappa shape index (κ2) is 9.47. The Bertz CT molecular complexity index is 714. The number of benzene rings is 2. The molecule has 5 nitrogen and oxygen atoms in total. The summed E-state index contributed by atoms with van der Waals surface area (Å²) in [5.41, 5.74) is 2.82. The number of nitrogens with one attached hydrogen (secondary N) is 2. The zero-order valence-corrected chi connectivity index (χ0v) is 14.7. The Morgan fingerprint density at radius 1 is 1.00 bits per heavy atom. The molecule has 0 aliphatic heterocycles. The summed E-state index contributed by atoms with van der Waals surface area (Å²) in [6, 6.07) is 14.9. The van der Waals surface area contributed by atoms with Gasteiger partial charge in [0.15, 0.2) is 0 Å². The third-order valence-electron chi connectivity index (χ3n) is 3.83.